The number of rotatable bonds is 19. The maximum absolute atomic E-state index is 13.9. The number of nitrogens with one attached hydrogen (secondary N) is 4. The average Bonchev–Trinajstić information content (AvgIpc) is 3.72. The fraction of sp³-hybridized carbons (Fsp3) is 0.550. The first-order chi connectivity index (χ1) is 30.2. The molecule has 0 bridgehead atoms. The van der Waals surface area contributed by atoms with Crippen molar-refractivity contribution in [3.8, 4) is 6.07 Å². The average molecular weight is 965 g/mol. The number of likely N-dealkylation sites (tertiary alicyclic amines) is 1. The molecular weight excluding hydrogens is 912 g/mol. The number of ether oxygens (including phenoxy) is 2. The Kier molecular flexibility index (Phi) is 18.2. The van der Waals surface area contributed by atoms with E-state index in [4.69, 9.17) is 15.3 Å². The van der Waals surface area contributed by atoms with Gasteiger partial charge in [-0.15, -0.1) is 0 Å². The first-order valence-electron chi connectivity index (χ1n) is 20.4. The number of carboxylic acids is 2. The van der Waals surface area contributed by atoms with E-state index < -0.39 is 95.6 Å². The fourth-order valence-corrected chi connectivity index (χ4v) is 8.05. The van der Waals surface area contributed by atoms with E-state index in [1.54, 1.807) is 40.1 Å². The number of amides is 4. The number of fused-ring (bicyclic) bond motifs is 2. The van der Waals surface area contributed by atoms with E-state index >= 15 is 0 Å². The number of hydrogen-bond acceptors (Lipinski definition) is 15. The van der Waals surface area contributed by atoms with Crippen LogP contribution < -0.4 is 27.1 Å². The van der Waals surface area contributed by atoms with Gasteiger partial charge in [-0.1, -0.05) is 0 Å². The summed E-state index contributed by atoms with van der Waals surface area (Å²) in [5.74, 6) is -1.63. The van der Waals surface area contributed by atoms with Crippen molar-refractivity contribution in [1.82, 2.24) is 35.6 Å². The quantitative estimate of drug-likeness (QED) is 0.0167. The first kappa shape index (κ1) is 52.2. The van der Waals surface area contributed by atoms with Gasteiger partial charge in [-0.25, -0.2) is 18.2 Å². The molecule has 2 aromatic rings. The molecule has 3 unspecified atom stereocenters. The molecule has 5 atom stereocenters. The molecule has 1 aromatic heterocycles. The minimum Gasteiger partial charge on any atom is -0.480 e. The fourth-order valence-electron chi connectivity index (χ4n) is 8.05. The predicted octanol–water partition coefficient (Wildman–Crippen LogP) is -1.11. The number of carbonyl (C=O) groups is 7. The summed E-state index contributed by atoms with van der Waals surface area (Å²) in [5.41, 5.74) is -0.109. The first-order valence-corrected chi connectivity index (χ1v) is 20.4. The van der Waals surface area contributed by atoms with Crippen LogP contribution in [0.5, 0.6) is 0 Å². The second-order valence-electron chi connectivity index (χ2n) is 16.0. The standard InChI is InChI=1S/C40H53F2N11O11.Cu/c1-39-24-53(44,16-15-50(21-35(58)59)13-14-51(39)22-36(60)64-39)30(38(61)62)5-6-31(54)46-11-12-47-32(55)7-8-33(56)49-25-3-4-29-28(17-25)27(9-10-45-29)37(63-2)48-20-34(57)52-23-40(41,42)18-26(52)19-43;/h3-4,9-10,17,26,30,37,48H,1,5-8,11-16,18,20-24,44H2,2H3,(H,46,54)(H,47,55)(H,49,56)(H,58,59)(H,61,62);/t26-,30?,37?,39+,53?;/m0./s1. The molecule has 8 N–H and O–H groups in total. The third-order valence-corrected chi connectivity index (χ3v) is 11.3. The molecule has 3 fully saturated rings. The van der Waals surface area contributed by atoms with Crippen molar-refractivity contribution in [2.24, 2.45) is 5.84 Å². The molecule has 359 valence electrons. The molecule has 3 aliphatic heterocycles. The Labute approximate surface area is 383 Å². The van der Waals surface area contributed by atoms with Crippen molar-refractivity contribution in [1.29, 1.82) is 5.26 Å². The van der Waals surface area contributed by atoms with Gasteiger partial charge < -0.3 is 40.5 Å². The minimum atomic E-state index is -3.16. The number of pyridine rings is 1. The van der Waals surface area contributed by atoms with Crippen molar-refractivity contribution >= 4 is 58.1 Å². The van der Waals surface area contributed by atoms with E-state index in [1.807, 2.05) is 0 Å². The zero-order valence-electron chi connectivity index (χ0n) is 35.5. The van der Waals surface area contributed by atoms with Gasteiger partial charge in [0.25, 0.3) is 5.92 Å². The third-order valence-electron chi connectivity index (χ3n) is 11.3. The predicted molar refractivity (Wildman–Crippen MR) is 219 cm³/mol. The Balaban J connectivity index is 0.00000925. The van der Waals surface area contributed by atoms with Gasteiger partial charge in [0.1, 0.15) is 25.4 Å². The van der Waals surface area contributed by atoms with E-state index in [-0.39, 0.29) is 102 Å². The number of esters is 1. The number of benzene rings is 1. The molecule has 65 heavy (non-hydrogen) atoms. The number of nitrogens with zero attached hydrogens (tertiary/aromatic N) is 6. The maximum Gasteiger partial charge on any atom is 0.364 e. The molecule has 5 rings (SSSR count). The number of hydrogen-bond donors (Lipinski definition) is 7. The van der Waals surface area contributed by atoms with Gasteiger partial charge in [0.2, 0.25) is 29.7 Å². The van der Waals surface area contributed by atoms with Gasteiger partial charge in [0.15, 0.2) is 0 Å². The van der Waals surface area contributed by atoms with Gasteiger partial charge in [0.05, 0.1) is 50.0 Å². The number of aromatic nitrogens is 1. The van der Waals surface area contributed by atoms with Crippen LogP contribution in [0, 0.1) is 18.3 Å². The summed E-state index contributed by atoms with van der Waals surface area (Å²) in [6.07, 6.45) is -1.02. The second-order valence-corrected chi connectivity index (χ2v) is 16.0. The molecule has 3 saturated heterocycles. The van der Waals surface area contributed by atoms with E-state index in [1.165, 1.54) is 13.3 Å². The number of carboxylic acid groups (broad SMARTS) is 2. The smallest absolute Gasteiger partial charge is 0.364 e. The third kappa shape index (κ3) is 14.0. The van der Waals surface area contributed by atoms with Gasteiger partial charge >= 0.3 is 17.9 Å². The molecule has 22 nitrogen and oxygen atoms in total. The number of quaternary nitrogens is 1. The maximum atomic E-state index is 13.9. The molecule has 4 heterocycles. The number of anilines is 1. The van der Waals surface area contributed by atoms with Crippen LogP contribution in [0.25, 0.3) is 10.9 Å². The molecule has 4 amide bonds. The van der Waals surface area contributed by atoms with Gasteiger partial charge in [0, 0.05) is 105 Å². The summed E-state index contributed by atoms with van der Waals surface area (Å²) in [6, 6.07) is 5.62. The molecule has 3 aliphatic rings. The van der Waals surface area contributed by atoms with Crippen LogP contribution in [-0.2, 0) is 60.1 Å². The largest absolute Gasteiger partial charge is 0.480 e. The van der Waals surface area contributed by atoms with Crippen molar-refractivity contribution in [2.75, 3.05) is 84.4 Å². The van der Waals surface area contributed by atoms with Gasteiger partial charge in [-0.3, -0.25) is 55.8 Å². The number of carbonyl (C=O) groups excluding carboxylic acids is 5. The van der Waals surface area contributed by atoms with Crippen LogP contribution >= 0.6 is 0 Å². The summed E-state index contributed by atoms with van der Waals surface area (Å²) in [5, 5.41) is 40.2. The zero-order chi connectivity index (χ0) is 46.8. The number of methoxy groups -OCH3 is 1. The molecular formula is C40H53CuF2N11O11. The summed E-state index contributed by atoms with van der Waals surface area (Å²) >= 11 is 0. The summed E-state index contributed by atoms with van der Waals surface area (Å²) in [4.78, 5) is 95.6. The zero-order valence-corrected chi connectivity index (χ0v) is 36.5. The van der Waals surface area contributed by atoms with Crippen molar-refractivity contribution in [2.45, 2.75) is 62.1 Å². The number of aliphatic carboxylic acids is 2. The van der Waals surface area contributed by atoms with E-state index in [2.05, 4.69) is 33.2 Å². The molecule has 0 aliphatic carbocycles. The Bertz CT molecular complexity index is 2150. The number of alkyl halides is 2. The summed E-state index contributed by atoms with van der Waals surface area (Å²) in [7, 11) is 1.37. The summed E-state index contributed by atoms with van der Waals surface area (Å²) in [6.45, 7) is 2.59. The second kappa shape index (κ2) is 22.6. The van der Waals surface area contributed by atoms with Crippen molar-refractivity contribution < 1.29 is 83.7 Å². The molecule has 1 radical (unpaired) electrons. The van der Waals surface area contributed by atoms with Crippen molar-refractivity contribution in [3.63, 3.8) is 0 Å². The minimum absolute atomic E-state index is 0. The van der Waals surface area contributed by atoms with Crippen LogP contribution in [0.4, 0.5) is 14.5 Å². The number of halogens is 2. The number of nitrogens with two attached hydrogens (primary N) is 1. The summed E-state index contributed by atoms with van der Waals surface area (Å²) < 4.78 is 38.2. The van der Waals surface area contributed by atoms with Crippen LogP contribution in [0.1, 0.15) is 43.9 Å². The van der Waals surface area contributed by atoms with E-state index in [9.17, 15) is 57.8 Å². The Morgan fingerprint density at radius 3 is 2.43 bits per heavy atom. The van der Waals surface area contributed by atoms with Gasteiger partial charge in [-0.2, -0.15) is 11.1 Å². The number of nitriles is 1. The molecule has 1 aromatic carbocycles. The Morgan fingerprint density at radius 2 is 1.77 bits per heavy atom. The van der Waals surface area contributed by atoms with Crippen LogP contribution in [-0.4, -0.2) is 179 Å². The van der Waals surface area contributed by atoms with Gasteiger partial charge in [-0.05, 0) is 24.3 Å². The topological polar surface area (TPSA) is 299 Å². The van der Waals surface area contributed by atoms with E-state index in [0.717, 1.165) is 4.90 Å². The van der Waals surface area contributed by atoms with Crippen LogP contribution in [0.3, 0.4) is 0 Å². The monoisotopic (exact) mass is 964 g/mol. The van der Waals surface area contributed by atoms with Crippen molar-refractivity contribution in [3.05, 3.63) is 42.9 Å². The normalized spacial score (nSPS) is 23.0. The Hall–Kier alpha value is -5.45. The van der Waals surface area contributed by atoms with E-state index in [0.29, 0.717) is 22.2 Å². The Morgan fingerprint density at radius 1 is 1.08 bits per heavy atom. The molecule has 25 heteroatoms. The van der Waals surface area contributed by atoms with Crippen LogP contribution in [0.2, 0.25) is 0 Å². The molecule has 0 spiro atoms. The van der Waals surface area contributed by atoms with Crippen LogP contribution in [0.15, 0.2) is 30.5 Å². The SMILES string of the molecule is [CH2-][C@@]12C[N+](N)(C(CCC(=O)NCCNC(=O)CCC(=O)Nc3ccc4nccc(C(NCC(=O)N5CC(F)(F)C[C@H]5C#N)OC)c4c3)C(=O)O)CCN(CC(=O)O)CCN1CC(=O)O2.[Cu]. The molecule has 0 saturated carbocycles.